The number of hydrogen-bond acceptors (Lipinski definition) is 3. The number of carbonyl (C=O) groups is 1. The van der Waals surface area contributed by atoms with Crippen molar-refractivity contribution < 1.29 is 13.2 Å². The van der Waals surface area contributed by atoms with Gasteiger partial charge in [0.2, 0.25) is 5.91 Å². The van der Waals surface area contributed by atoms with Crippen LogP contribution in [0, 0.1) is 17.3 Å². The Bertz CT molecular complexity index is 515. The first-order chi connectivity index (χ1) is 8.63. The number of nitrogens with one attached hydrogen (secondary N) is 1. The van der Waals surface area contributed by atoms with Gasteiger partial charge < -0.3 is 5.32 Å². The highest BCUT2D eigenvalue weighted by molar-refractivity contribution is 7.91. The van der Waals surface area contributed by atoms with Gasteiger partial charge >= 0.3 is 0 Å². The van der Waals surface area contributed by atoms with Gasteiger partial charge in [-0.15, -0.1) is 0 Å². The lowest BCUT2D eigenvalue weighted by Gasteiger charge is -2.11. The van der Waals surface area contributed by atoms with Gasteiger partial charge in [0.15, 0.2) is 9.84 Å². The first-order valence-electron chi connectivity index (χ1n) is 6.79. The Kier molecular flexibility index (Phi) is 3.54. The molecule has 0 aromatic carbocycles. The van der Waals surface area contributed by atoms with Crippen molar-refractivity contribution in [2.75, 3.05) is 11.5 Å². The van der Waals surface area contributed by atoms with Crippen LogP contribution in [0.25, 0.3) is 0 Å². The third kappa shape index (κ3) is 3.02. The summed E-state index contributed by atoms with van der Waals surface area (Å²) in [6, 6.07) is -0.193. The van der Waals surface area contributed by atoms with Crippen molar-refractivity contribution in [1.82, 2.24) is 5.32 Å². The van der Waals surface area contributed by atoms with E-state index in [4.69, 9.17) is 0 Å². The quantitative estimate of drug-likeness (QED) is 0.800. The minimum atomic E-state index is -2.93. The normalized spacial score (nSPS) is 34.6. The molecular weight excluding hydrogens is 262 g/mol. The van der Waals surface area contributed by atoms with Crippen molar-refractivity contribution >= 4 is 15.7 Å². The largest absolute Gasteiger partial charge is 0.352 e. The van der Waals surface area contributed by atoms with E-state index in [1.807, 2.05) is 13.8 Å². The molecule has 1 amide bonds. The van der Waals surface area contributed by atoms with Crippen molar-refractivity contribution in [3.05, 3.63) is 11.6 Å². The van der Waals surface area contributed by atoms with Crippen LogP contribution in [-0.2, 0) is 14.6 Å². The number of amides is 1. The molecule has 0 bridgehead atoms. The molecule has 0 aromatic heterocycles. The summed E-state index contributed by atoms with van der Waals surface area (Å²) in [6.07, 6.45) is 2.70. The summed E-state index contributed by atoms with van der Waals surface area (Å²) in [5.74, 6) is 0.554. The Hall–Kier alpha value is -0.840. The molecule has 0 unspecified atom stereocenters. The summed E-state index contributed by atoms with van der Waals surface area (Å²) < 4.78 is 22.8. The zero-order chi connectivity index (χ0) is 14.4. The van der Waals surface area contributed by atoms with E-state index in [9.17, 15) is 13.2 Å². The summed E-state index contributed by atoms with van der Waals surface area (Å²) in [6.45, 7) is 8.25. The summed E-state index contributed by atoms with van der Waals surface area (Å²) in [5.41, 5.74) is 1.20. The number of hydrogen-bond donors (Lipinski definition) is 1. The maximum absolute atomic E-state index is 12.2. The minimum Gasteiger partial charge on any atom is -0.352 e. The Labute approximate surface area is 115 Å². The minimum absolute atomic E-state index is 0.00889. The fraction of sp³-hybridized carbons (Fsp3) is 0.786. The van der Waals surface area contributed by atoms with Gasteiger partial charge in [0.1, 0.15) is 0 Å². The van der Waals surface area contributed by atoms with Crippen LogP contribution in [0.15, 0.2) is 11.6 Å². The van der Waals surface area contributed by atoms with Crippen LogP contribution < -0.4 is 5.32 Å². The zero-order valence-electron chi connectivity index (χ0n) is 12.1. The van der Waals surface area contributed by atoms with Crippen LogP contribution in [0.3, 0.4) is 0 Å². The third-order valence-electron chi connectivity index (χ3n) is 4.28. The first kappa shape index (κ1) is 14.6. The lowest BCUT2D eigenvalue weighted by Crippen LogP contribution is -2.37. The third-order valence-corrected chi connectivity index (χ3v) is 6.05. The van der Waals surface area contributed by atoms with E-state index in [1.165, 1.54) is 5.57 Å². The number of allylic oxidation sites excluding steroid dienone is 2. The van der Waals surface area contributed by atoms with Crippen molar-refractivity contribution in [3.63, 3.8) is 0 Å². The second-order valence-corrected chi connectivity index (χ2v) is 8.91. The van der Waals surface area contributed by atoms with E-state index in [0.29, 0.717) is 6.42 Å². The van der Waals surface area contributed by atoms with E-state index in [2.05, 4.69) is 25.2 Å². The van der Waals surface area contributed by atoms with Gasteiger partial charge in [-0.3, -0.25) is 4.79 Å². The van der Waals surface area contributed by atoms with E-state index < -0.39 is 9.84 Å². The van der Waals surface area contributed by atoms with Crippen LogP contribution in [0.4, 0.5) is 0 Å². The second-order valence-electron chi connectivity index (χ2n) is 6.68. The Balaban J connectivity index is 1.97. The molecule has 1 heterocycles. The predicted octanol–water partition coefficient (Wildman–Crippen LogP) is 1.53. The molecule has 4 nitrogen and oxygen atoms in total. The highest BCUT2D eigenvalue weighted by atomic mass is 32.2. The monoisotopic (exact) mass is 285 g/mol. The van der Waals surface area contributed by atoms with Gasteiger partial charge in [0.25, 0.3) is 0 Å². The molecule has 3 atom stereocenters. The molecular formula is C14H23NO3S. The second kappa shape index (κ2) is 4.62. The SMILES string of the molecule is CC(C)=C[C@@H]1[C@@H](C(=O)N[C@@H]2CCS(=O)(=O)C2)C1(C)C. The van der Waals surface area contributed by atoms with Crippen LogP contribution in [-0.4, -0.2) is 31.9 Å². The van der Waals surface area contributed by atoms with Crippen molar-refractivity contribution in [2.24, 2.45) is 17.3 Å². The van der Waals surface area contributed by atoms with Crippen LogP contribution in [0.2, 0.25) is 0 Å². The average Bonchev–Trinajstić information content (AvgIpc) is 2.59. The highest BCUT2D eigenvalue weighted by Gasteiger charge is 2.60. The molecule has 5 heteroatoms. The van der Waals surface area contributed by atoms with Crippen LogP contribution >= 0.6 is 0 Å². The van der Waals surface area contributed by atoms with Crippen LogP contribution in [0.1, 0.15) is 34.1 Å². The summed E-state index contributed by atoms with van der Waals surface area (Å²) >= 11 is 0. The molecule has 2 fully saturated rings. The Morgan fingerprint density at radius 1 is 1.32 bits per heavy atom. The van der Waals surface area contributed by atoms with Gasteiger partial charge in [0.05, 0.1) is 17.4 Å². The summed E-state index contributed by atoms with van der Waals surface area (Å²) in [5, 5.41) is 2.91. The summed E-state index contributed by atoms with van der Waals surface area (Å²) in [4.78, 5) is 12.2. The summed E-state index contributed by atoms with van der Waals surface area (Å²) in [7, 11) is -2.93. The van der Waals surface area contributed by atoms with E-state index in [1.54, 1.807) is 0 Å². The standard InChI is InChI=1S/C14H23NO3S/c1-9(2)7-11-12(14(11,3)4)13(16)15-10-5-6-19(17,18)8-10/h7,10-12H,5-6,8H2,1-4H3,(H,15,16)/t10-,11-,12+/m1/s1. The molecule has 2 aliphatic rings. The fourth-order valence-electron chi connectivity index (χ4n) is 3.05. The fourth-order valence-corrected chi connectivity index (χ4v) is 4.72. The topological polar surface area (TPSA) is 63.2 Å². The van der Waals surface area contributed by atoms with Gasteiger partial charge in [-0.2, -0.15) is 0 Å². The van der Waals surface area contributed by atoms with E-state index in [0.717, 1.165) is 0 Å². The van der Waals surface area contributed by atoms with Crippen molar-refractivity contribution in [3.8, 4) is 0 Å². The van der Waals surface area contributed by atoms with Gasteiger partial charge in [-0.25, -0.2) is 8.42 Å². The molecule has 0 spiro atoms. The lowest BCUT2D eigenvalue weighted by atomic mass is 10.1. The number of rotatable bonds is 3. The molecule has 1 aliphatic carbocycles. The lowest BCUT2D eigenvalue weighted by molar-refractivity contribution is -0.123. The van der Waals surface area contributed by atoms with E-state index in [-0.39, 0.29) is 40.7 Å². The highest BCUT2D eigenvalue weighted by Crippen LogP contribution is 2.59. The van der Waals surface area contributed by atoms with Crippen molar-refractivity contribution in [1.29, 1.82) is 0 Å². The molecule has 0 radical (unpaired) electrons. The van der Waals surface area contributed by atoms with Gasteiger partial charge in [-0.05, 0) is 31.6 Å². The number of carbonyl (C=O) groups excluding carboxylic acids is 1. The molecule has 1 saturated carbocycles. The Morgan fingerprint density at radius 2 is 1.95 bits per heavy atom. The Morgan fingerprint density at radius 3 is 2.42 bits per heavy atom. The molecule has 19 heavy (non-hydrogen) atoms. The molecule has 0 aromatic rings. The van der Waals surface area contributed by atoms with Gasteiger partial charge in [0, 0.05) is 6.04 Å². The molecule has 2 rings (SSSR count). The molecule has 1 saturated heterocycles. The molecule has 1 N–H and O–H groups in total. The van der Waals surface area contributed by atoms with Crippen LogP contribution in [0.5, 0.6) is 0 Å². The predicted molar refractivity (Wildman–Crippen MR) is 75.4 cm³/mol. The molecule has 1 aliphatic heterocycles. The van der Waals surface area contributed by atoms with Crippen molar-refractivity contribution in [2.45, 2.75) is 40.2 Å². The van der Waals surface area contributed by atoms with Gasteiger partial charge in [-0.1, -0.05) is 25.5 Å². The molecule has 108 valence electrons. The van der Waals surface area contributed by atoms with E-state index >= 15 is 0 Å². The first-order valence-corrected chi connectivity index (χ1v) is 8.61. The zero-order valence-corrected chi connectivity index (χ0v) is 12.9. The number of sulfone groups is 1. The smallest absolute Gasteiger partial charge is 0.224 e. The maximum atomic E-state index is 12.2. The maximum Gasteiger partial charge on any atom is 0.224 e. The average molecular weight is 285 g/mol.